The van der Waals surface area contributed by atoms with E-state index in [2.05, 4.69) is 6.92 Å². The van der Waals surface area contributed by atoms with Gasteiger partial charge in [-0.15, -0.1) is 0 Å². The summed E-state index contributed by atoms with van der Waals surface area (Å²) in [5, 5.41) is 8.98. The van der Waals surface area contributed by atoms with Crippen LogP contribution in [0.25, 0.3) is 0 Å². The van der Waals surface area contributed by atoms with Crippen molar-refractivity contribution in [3.05, 3.63) is 0 Å². The SMILES string of the molecule is CCCCCCCCCCCCCCCCCCOC(=O)[C@@H](C)O. The van der Waals surface area contributed by atoms with Crippen LogP contribution in [0.4, 0.5) is 0 Å². The largest absolute Gasteiger partial charge is 0.464 e. The lowest BCUT2D eigenvalue weighted by Gasteiger charge is -2.06. The van der Waals surface area contributed by atoms with Crippen LogP contribution in [0.5, 0.6) is 0 Å². The molecule has 144 valence electrons. The van der Waals surface area contributed by atoms with Crippen molar-refractivity contribution >= 4 is 5.97 Å². The van der Waals surface area contributed by atoms with Crippen LogP contribution in [-0.2, 0) is 9.53 Å². The van der Waals surface area contributed by atoms with Gasteiger partial charge < -0.3 is 9.84 Å². The number of esters is 1. The summed E-state index contributed by atoms with van der Waals surface area (Å²) in [6.45, 7) is 4.16. The number of rotatable bonds is 18. The third kappa shape index (κ3) is 17.8. The number of carbonyl (C=O) groups excluding carboxylic acids is 1. The first-order chi connectivity index (χ1) is 11.7. The highest BCUT2D eigenvalue weighted by Crippen LogP contribution is 2.13. The second kappa shape index (κ2) is 18.8. The predicted octanol–water partition coefficient (Wildman–Crippen LogP) is 6.17. The summed E-state index contributed by atoms with van der Waals surface area (Å²) >= 11 is 0. The van der Waals surface area contributed by atoms with Gasteiger partial charge in [-0.1, -0.05) is 103 Å². The minimum absolute atomic E-state index is 0.447. The summed E-state index contributed by atoms with van der Waals surface area (Å²) in [4.78, 5) is 11.0. The fourth-order valence-electron chi connectivity index (χ4n) is 2.94. The highest BCUT2D eigenvalue weighted by molar-refractivity contribution is 5.73. The van der Waals surface area contributed by atoms with E-state index in [1.165, 1.54) is 96.8 Å². The maximum Gasteiger partial charge on any atom is 0.334 e. The molecule has 0 aromatic heterocycles. The van der Waals surface area contributed by atoms with Gasteiger partial charge in [0, 0.05) is 0 Å². The highest BCUT2D eigenvalue weighted by Gasteiger charge is 2.08. The lowest BCUT2D eigenvalue weighted by Crippen LogP contribution is -2.19. The molecular weight excluding hydrogens is 300 g/mol. The summed E-state index contributed by atoms with van der Waals surface area (Å²) in [6.07, 6.45) is 20.4. The van der Waals surface area contributed by atoms with Gasteiger partial charge in [-0.25, -0.2) is 4.79 Å². The van der Waals surface area contributed by atoms with E-state index < -0.39 is 12.1 Å². The van der Waals surface area contributed by atoms with Crippen LogP contribution in [0, 0.1) is 0 Å². The Morgan fingerprint density at radius 2 is 1.04 bits per heavy atom. The van der Waals surface area contributed by atoms with E-state index >= 15 is 0 Å². The second-order valence-corrected chi connectivity index (χ2v) is 7.15. The van der Waals surface area contributed by atoms with E-state index in [0.29, 0.717) is 6.61 Å². The van der Waals surface area contributed by atoms with Gasteiger partial charge in [0.25, 0.3) is 0 Å². The summed E-state index contributed by atoms with van der Waals surface area (Å²) in [5.41, 5.74) is 0. The zero-order chi connectivity index (χ0) is 17.9. The number of hydrogen-bond donors (Lipinski definition) is 1. The molecule has 3 heteroatoms. The van der Waals surface area contributed by atoms with Crippen molar-refractivity contribution < 1.29 is 14.6 Å². The Labute approximate surface area is 150 Å². The maximum absolute atomic E-state index is 11.0. The van der Waals surface area contributed by atoms with Crippen molar-refractivity contribution in [1.29, 1.82) is 0 Å². The molecule has 0 saturated heterocycles. The molecular formula is C21H42O3. The third-order valence-electron chi connectivity index (χ3n) is 4.58. The van der Waals surface area contributed by atoms with Gasteiger partial charge in [0.05, 0.1) is 6.61 Å². The molecule has 0 amide bonds. The van der Waals surface area contributed by atoms with Crippen molar-refractivity contribution in [2.24, 2.45) is 0 Å². The number of ether oxygens (including phenoxy) is 1. The van der Waals surface area contributed by atoms with Gasteiger partial charge in [0.2, 0.25) is 0 Å². The summed E-state index contributed by atoms with van der Waals surface area (Å²) in [7, 11) is 0. The highest BCUT2D eigenvalue weighted by atomic mass is 16.5. The molecule has 0 fully saturated rings. The van der Waals surface area contributed by atoms with E-state index in [0.717, 1.165) is 12.8 Å². The molecule has 1 atom stereocenters. The molecule has 1 N–H and O–H groups in total. The Hall–Kier alpha value is -0.570. The Bertz CT molecular complexity index is 264. The Balaban J connectivity index is 3.04. The Morgan fingerprint density at radius 1 is 0.708 bits per heavy atom. The first-order valence-corrected chi connectivity index (χ1v) is 10.5. The smallest absolute Gasteiger partial charge is 0.334 e. The molecule has 0 bridgehead atoms. The van der Waals surface area contributed by atoms with Gasteiger partial charge in [-0.2, -0.15) is 0 Å². The first-order valence-electron chi connectivity index (χ1n) is 10.5. The number of hydrogen-bond acceptors (Lipinski definition) is 3. The fourth-order valence-corrected chi connectivity index (χ4v) is 2.94. The molecule has 0 aromatic rings. The summed E-state index contributed by atoms with van der Waals surface area (Å²) in [5.74, 6) is -0.504. The van der Waals surface area contributed by atoms with Crippen molar-refractivity contribution in [3.63, 3.8) is 0 Å². The van der Waals surface area contributed by atoms with Crippen LogP contribution in [0.1, 0.15) is 117 Å². The van der Waals surface area contributed by atoms with Gasteiger partial charge in [0.15, 0.2) is 0 Å². The first kappa shape index (κ1) is 23.4. The molecule has 0 heterocycles. The molecule has 0 aliphatic heterocycles. The number of aliphatic hydroxyl groups excluding tert-OH is 1. The van der Waals surface area contributed by atoms with E-state index in [4.69, 9.17) is 9.84 Å². The Morgan fingerprint density at radius 3 is 1.38 bits per heavy atom. The average Bonchev–Trinajstić information content (AvgIpc) is 2.57. The minimum Gasteiger partial charge on any atom is -0.464 e. The van der Waals surface area contributed by atoms with Crippen LogP contribution in [0.2, 0.25) is 0 Å². The molecule has 0 unspecified atom stereocenters. The van der Waals surface area contributed by atoms with Crippen molar-refractivity contribution in [2.75, 3.05) is 6.61 Å². The third-order valence-corrected chi connectivity index (χ3v) is 4.58. The van der Waals surface area contributed by atoms with Crippen molar-refractivity contribution in [3.8, 4) is 0 Å². The van der Waals surface area contributed by atoms with E-state index in [1.807, 2.05) is 0 Å². The molecule has 0 rings (SSSR count). The van der Waals surface area contributed by atoms with Gasteiger partial charge in [0.1, 0.15) is 6.10 Å². The van der Waals surface area contributed by atoms with Crippen molar-refractivity contribution in [1.82, 2.24) is 0 Å². The number of aliphatic hydroxyl groups is 1. The molecule has 0 saturated carbocycles. The van der Waals surface area contributed by atoms with Crippen molar-refractivity contribution in [2.45, 2.75) is 123 Å². The maximum atomic E-state index is 11.0. The van der Waals surface area contributed by atoms with Crippen LogP contribution in [0.3, 0.4) is 0 Å². The standard InChI is InChI=1S/C21H42O3/c1-3-4-5-6-7-8-9-10-11-12-13-14-15-16-17-18-19-24-21(23)20(2)22/h20,22H,3-19H2,1-2H3/t20-/m1/s1. The number of unbranched alkanes of at least 4 members (excludes halogenated alkanes) is 15. The second-order valence-electron chi connectivity index (χ2n) is 7.15. The normalized spacial score (nSPS) is 12.3. The summed E-state index contributed by atoms with van der Waals surface area (Å²) in [6, 6.07) is 0. The quantitative estimate of drug-likeness (QED) is 0.239. The molecule has 0 aliphatic rings. The lowest BCUT2D eigenvalue weighted by molar-refractivity contribution is -0.152. The molecule has 3 nitrogen and oxygen atoms in total. The molecule has 24 heavy (non-hydrogen) atoms. The molecule has 0 radical (unpaired) electrons. The molecule has 0 spiro atoms. The van der Waals surface area contributed by atoms with Crippen LogP contribution in [0.15, 0.2) is 0 Å². The van der Waals surface area contributed by atoms with E-state index in [9.17, 15) is 4.79 Å². The van der Waals surface area contributed by atoms with Gasteiger partial charge in [-0.3, -0.25) is 0 Å². The van der Waals surface area contributed by atoms with Crippen LogP contribution < -0.4 is 0 Å². The molecule has 0 aliphatic carbocycles. The molecule has 0 aromatic carbocycles. The van der Waals surface area contributed by atoms with Crippen LogP contribution >= 0.6 is 0 Å². The fraction of sp³-hybridized carbons (Fsp3) is 0.952. The van der Waals surface area contributed by atoms with Gasteiger partial charge >= 0.3 is 5.97 Å². The van der Waals surface area contributed by atoms with E-state index in [1.54, 1.807) is 0 Å². The number of carbonyl (C=O) groups is 1. The topological polar surface area (TPSA) is 46.5 Å². The average molecular weight is 343 g/mol. The van der Waals surface area contributed by atoms with E-state index in [-0.39, 0.29) is 0 Å². The van der Waals surface area contributed by atoms with Crippen LogP contribution in [-0.4, -0.2) is 23.8 Å². The zero-order valence-electron chi connectivity index (χ0n) is 16.4. The lowest BCUT2D eigenvalue weighted by atomic mass is 10.0. The predicted molar refractivity (Wildman–Crippen MR) is 102 cm³/mol. The van der Waals surface area contributed by atoms with Gasteiger partial charge in [-0.05, 0) is 13.3 Å². The zero-order valence-corrected chi connectivity index (χ0v) is 16.4. The monoisotopic (exact) mass is 342 g/mol. The minimum atomic E-state index is -0.994. The Kier molecular flexibility index (Phi) is 18.3. The summed E-state index contributed by atoms with van der Waals surface area (Å²) < 4.78 is 4.93.